The van der Waals surface area contributed by atoms with Crippen LogP contribution in [0.25, 0.3) is 0 Å². The molecule has 0 aliphatic heterocycles. The maximum Gasteiger partial charge on any atom is 0.0955 e. The Hall–Kier alpha value is -0.450. The van der Waals surface area contributed by atoms with Gasteiger partial charge in [0.25, 0.3) is 0 Å². The Kier molecular flexibility index (Phi) is 5.56. The Morgan fingerprint density at radius 1 is 1.47 bits per heavy atom. The van der Waals surface area contributed by atoms with E-state index in [0.29, 0.717) is 19.6 Å². The first-order valence-electron chi connectivity index (χ1n) is 6.14. The first-order valence-corrected chi connectivity index (χ1v) is 7.02. The number of hydrogen-bond acceptors (Lipinski definition) is 4. The molecule has 4 heteroatoms. The van der Waals surface area contributed by atoms with Crippen LogP contribution in [0.1, 0.15) is 44.8 Å². The van der Waals surface area contributed by atoms with Crippen molar-refractivity contribution in [1.29, 1.82) is 0 Å². The third-order valence-corrected chi connectivity index (χ3v) is 3.26. The molecule has 1 unspecified atom stereocenters. The van der Waals surface area contributed by atoms with Crippen molar-refractivity contribution in [3.05, 3.63) is 16.1 Å². The quantitative estimate of drug-likeness (QED) is 0.797. The summed E-state index contributed by atoms with van der Waals surface area (Å²) in [5.41, 5.74) is 1.18. The maximum atomic E-state index is 9.78. The van der Waals surface area contributed by atoms with Crippen molar-refractivity contribution in [2.75, 3.05) is 13.2 Å². The summed E-state index contributed by atoms with van der Waals surface area (Å²) >= 11 is 1.62. The molecule has 0 fully saturated rings. The molecule has 0 aliphatic carbocycles. The standard InChI is InChI=1S/C13H23NO2S/c1-5-6-16-8-10(15)7-12-14-11(9-17-12)13(2,3)4/h9-10,15H,5-8H2,1-4H3. The highest BCUT2D eigenvalue weighted by Crippen LogP contribution is 2.24. The number of ether oxygens (including phenoxy) is 1. The second-order valence-corrected chi connectivity index (χ2v) is 6.25. The summed E-state index contributed by atoms with van der Waals surface area (Å²) in [6.45, 7) is 9.61. The minimum absolute atomic E-state index is 0.0818. The van der Waals surface area contributed by atoms with Crippen molar-refractivity contribution < 1.29 is 9.84 Å². The molecule has 1 N–H and O–H groups in total. The molecule has 0 aliphatic rings. The Morgan fingerprint density at radius 3 is 2.71 bits per heavy atom. The van der Waals surface area contributed by atoms with Crippen molar-refractivity contribution >= 4 is 11.3 Å². The highest BCUT2D eigenvalue weighted by molar-refractivity contribution is 7.09. The molecule has 3 nitrogen and oxygen atoms in total. The number of thiazole rings is 1. The molecular weight excluding hydrogens is 234 g/mol. The van der Waals surface area contributed by atoms with E-state index in [2.05, 4.69) is 38.1 Å². The van der Waals surface area contributed by atoms with E-state index in [0.717, 1.165) is 17.1 Å². The van der Waals surface area contributed by atoms with E-state index in [1.165, 1.54) is 0 Å². The summed E-state index contributed by atoms with van der Waals surface area (Å²) in [5.74, 6) is 0. The lowest BCUT2D eigenvalue weighted by Crippen LogP contribution is -2.19. The Labute approximate surface area is 108 Å². The molecule has 17 heavy (non-hydrogen) atoms. The van der Waals surface area contributed by atoms with Crippen molar-refractivity contribution in [3.8, 4) is 0 Å². The number of aliphatic hydroxyl groups excluding tert-OH is 1. The van der Waals surface area contributed by atoms with Gasteiger partial charge in [0.1, 0.15) is 0 Å². The topological polar surface area (TPSA) is 42.4 Å². The van der Waals surface area contributed by atoms with E-state index < -0.39 is 6.10 Å². The lowest BCUT2D eigenvalue weighted by molar-refractivity contribution is 0.0374. The Bertz CT molecular complexity index is 330. The SMILES string of the molecule is CCCOCC(O)Cc1nc(C(C)(C)C)cs1. The van der Waals surface area contributed by atoms with Crippen LogP contribution in [0.3, 0.4) is 0 Å². The molecule has 0 amide bonds. The van der Waals surface area contributed by atoms with E-state index in [4.69, 9.17) is 4.74 Å². The van der Waals surface area contributed by atoms with Crippen LogP contribution in [0.5, 0.6) is 0 Å². The van der Waals surface area contributed by atoms with Gasteiger partial charge < -0.3 is 9.84 Å². The molecule has 0 aromatic carbocycles. The average Bonchev–Trinajstić information content (AvgIpc) is 2.66. The van der Waals surface area contributed by atoms with Crippen LogP contribution in [-0.4, -0.2) is 29.4 Å². The lowest BCUT2D eigenvalue weighted by atomic mass is 9.93. The largest absolute Gasteiger partial charge is 0.390 e. The molecule has 1 aromatic rings. The van der Waals surface area contributed by atoms with Gasteiger partial charge in [-0.05, 0) is 6.42 Å². The first-order chi connectivity index (χ1) is 7.93. The fraction of sp³-hybridized carbons (Fsp3) is 0.769. The van der Waals surface area contributed by atoms with Crippen LogP contribution in [-0.2, 0) is 16.6 Å². The van der Waals surface area contributed by atoms with Gasteiger partial charge in [0, 0.05) is 23.8 Å². The van der Waals surface area contributed by atoms with Gasteiger partial charge in [-0.2, -0.15) is 0 Å². The fourth-order valence-electron chi connectivity index (χ4n) is 1.37. The number of aromatic nitrogens is 1. The van der Waals surface area contributed by atoms with Gasteiger partial charge >= 0.3 is 0 Å². The van der Waals surface area contributed by atoms with Crippen LogP contribution in [0.2, 0.25) is 0 Å². The summed E-state index contributed by atoms with van der Waals surface area (Å²) in [6, 6.07) is 0. The van der Waals surface area contributed by atoms with Crippen molar-refractivity contribution in [2.24, 2.45) is 0 Å². The van der Waals surface area contributed by atoms with Gasteiger partial charge in [-0.15, -0.1) is 11.3 Å². The van der Waals surface area contributed by atoms with Crippen LogP contribution in [0.15, 0.2) is 5.38 Å². The second kappa shape index (κ2) is 6.47. The minimum atomic E-state index is -0.444. The Morgan fingerprint density at radius 2 is 2.18 bits per heavy atom. The van der Waals surface area contributed by atoms with Crippen LogP contribution in [0.4, 0.5) is 0 Å². The third-order valence-electron chi connectivity index (χ3n) is 2.39. The lowest BCUT2D eigenvalue weighted by Gasteiger charge is -2.14. The molecule has 1 rings (SSSR count). The Balaban J connectivity index is 2.43. The zero-order valence-corrected chi connectivity index (χ0v) is 12.0. The number of rotatable bonds is 6. The van der Waals surface area contributed by atoms with Gasteiger partial charge in [0.15, 0.2) is 0 Å². The second-order valence-electron chi connectivity index (χ2n) is 5.31. The molecule has 1 aromatic heterocycles. The van der Waals surface area contributed by atoms with Crippen molar-refractivity contribution in [2.45, 2.75) is 52.1 Å². The monoisotopic (exact) mass is 257 g/mol. The van der Waals surface area contributed by atoms with Gasteiger partial charge in [-0.3, -0.25) is 0 Å². The summed E-state index contributed by atoms with van der Waals surface area (Å²) < 4.78 is 5.32. The number of nitrogens with zero attached hydrogens (tertiary/aromatic N) is 1. The predicted molar refractivity (Wildman–Crippen MR) is 71.6 cm³/mol. The maximum absolute atomic E-state index is 9.78. The summed E-state index contributed by atoms with van der Waals surface area (Å²) in [5, 5.41) is 12.8. The van der Waals surface area contributed by atoms with E-state index >= 15 is 0 Å². The molecule has 0 spiro atoms. The van der Waals surface area contributed by atoms with E-state index in [-0.39, 0.29) is 5.41 Å². The van der Waals surface area contributed by atoms with Crippen LogP contribution in [0, 0.1) is 0 Å². The molecule has 98 valence electrons. The predicted octanol–water partition coefficient (Wildman–Crippen LogP) is 2.77. The molecule has 1 atom stereocenters. The normalized spacial score (nSPS) is 13.9. The molecule has 0 radical (unpaired) electrons. The first kappa shape index (κ1) is 14.6. The molecule has 1 heterocycles. The molecule has 0 saturated carbocycles. The van der Waals surface area contributed by atoms with Crippen molar-refractivity contribution in [3.63, 3.8) is 0 Å². The fourth-order valence-corrected chi connectivity index (χ4v) is 2.47. The molecule has 0 saturated heterocycles. The minimum Gasteiger partial charge on any atom is -0.390 e. The van der Waals surface area contributed by atoms with E-state index in [1.807, 2.05) is 0 Å². The number of hydrogen-bond donors (Lipinski definition) is 1. The van der Waals surface area contributed by atoms with Gasteiger partial charge in [-0.1, -0.05) is 27.7 Å². The highest BCUT2D eigenvalue weighted by Gasteiger charge is 2.18. The molecular formula is C13H23NO2S. The van der Waals surface area contributed by atoms with E-state index in [9.17, 15) is 5.11 Å². The summed E-state index contributed by atoms with van der Waals surface area (Å²) in [6.07, 6.45) is 1.13. The van der Waals surface area contributed by atoms with E-state index in [1.54, 1.807) is 11.3 Å². The average molecular weight is 257 g/mol. The number of aliphatic hydroxyl groups is 1. The van der Waals surface area contributed by atoms with Gasteiger partial charge in [-0.25, -0.2) is 4.98 Å². The highest BCUT2D eigenvalue weighted by atomic mass is 32.1. The van der Waals surface area contributed by atoms with Crippen LogP contribution < -0.4 is 0 Å². The van der Waals surface area contributed by atoms with Crippen molar-refractivity contribution in [1.82, 2.24) is 4.98 Å². The summed E-state index contributed by atoms with van der Waals surface area (Å²) in [7, 11) is 0. The third kappa shape index (κ3) is 5.15. The van der Waals surface area contributed by atoms with Gasteiger partial charge in [0.2, 0.25) is 0 Å². The summed E-state index contributed by atoms with van der Waals surface area (Å²) in [4.78, 5) is 4.55. The molecule has 0 bridgehead atoms. The van der Waals surface area contributed by atoms with Gasteiger partial charge in [0.05, 0.1) is 23.4 Å². The smallest absolute Gasteiger partial charge is 0.0955 e. The zero-order valence-electron chi connectivity index (χ0n) is 11.2. The van der Waals surface area contributed by atoms with Crippen LogP contribution >= 0.6 is 11.3 Å². The zero-order chi connectivity index (χ0) is 12.9.